The molecular formula is C28H25F2N3O4S. The molecule has 3 amide bonds. The van der Waals surface area contributed by atoms with E-state index in [1.165, 1.54) is 24.1 Å². The third kappa shape index (κ3) is 5.97. The molecule has 4 aromatic rings. The van der Waals surface area contributed by atoms with Crippen LogP contribution >= 0.6 is 0 Å². The molecule has 0 saturated carbocycles. The molecule has 0 radical (unpaired) electrons. The van der Waals surface area contributed by atoms with Gasteiger partial charge in [-0.25, -0.2) is 26.7 Å². The number of carbonyl (C=O) groups excluding carboxylic acids is 2. The minimum Gasteiger partial charge on any atom is -0.325 e. The number of likely N-dealkylation sites (N-methyl/N-ethyl adjacent to an activating group) is 1. The summed E-state index contributed by atoms with van der Waals surface area (Å²) < 4.78 is 55.3. The van der Waals surface area contributed by atoms with Crippen LogP contribution in [0.5, 0.6) is 0 Å². The van der Waals surface area contributed by atoms with E-state index in [1.807, 2.05) is 35.1 Å². The number of aryl methyl sites for hydroxylation is 1. The van der Waals surface area contributed by atoms with Crippen LogP contribution in [-0.4, -0.2) is 33.4 Å². The number of halogens is 2. The Balaban J connectivity index is 1.64. The van der Waals surface area contributed by atoms with Crippen molar-refractivity contribution in [3.05, 3.63) is 108 Å². The summed E-state index contributed by atoms with van der Waals surface area (Å²) in [6, 6.07) is 19.1. The summed E-state index contributed by atoms with van der Waals surface area (Å²) >= 11 is 0. The van der Waals surface area contributed by atoms with Gasteiger partial charge in [0.1, 0.15) is 17.7 Å². The van der Waals surface area contributed by atoms with Crippen molar-refractivity contribution in [1.29, 1.82) is 0 Å². The van der Waals surface area contributed by atoms with Crippen molar-refractivity contribution in [2.45, 2.75) is 24.3 Å². The van der Waals surface area contributed by atoms with Crippen molar-refractivity contribution in [3.63, 3.8) is 0 Å². The molecule has 1 atom stereocenters. The lowest BCUT2D eigenvalue weighted by atomic mass is 10.0. The van der Waals surface area contributed by atoms with Gasteiger partial charge in [-0.15, -0.1) is 0 Å². The first-order valence-electron chi connectivity index (χ1n) is 11.6. The number of anilines is 1. The normalized spacial score (nSPS) is 12.1. The largest absolute Gasteiger partial charge is 0.329 e. The first kappa shape index (κ1) is 26.7. The van der Waals surface area contributed by atoms with E-state index >= 15 is 0 Å². The van der Waals surface area contributed by atoms with Gasteiger partial charge < -0.3 is 10.2 Å². The fraction of sp³-hybridized carbons (Fsp3) is 0.143. The highest BCUT2D eigenvalue weighted by molar-refractivity contribution is 7.90. The molecule has 0 aliphatic rings. The molecule has 4 rings (SSSR count). The SMILES string of the molecule is Cc1ccccc1S(=O)(=O)NC(=O)N[C@@H](Cc1cc(F)cc(F)c1)C(=O)N(C)c1cccc2ccccc12. The maximum Gasteiger partial charge on any atom is 0.329 e. The number of amides is 3. The van der Waals surface area contributed by atoms with Crippen molar-refractivity contribution in [2.75, 3.05) is 11.9 Å². The van der Waals surface area contributed by atoms with Crippen LogP contribution in [0.15, 0.2) is 89.8 Å². The summed E-state index contributed by atoms with van der Waals surface area (Å²) in [4.78, 5) is 27.7. The third-order valence-electron chi connectivity index (χ3n) is 6.03. The van der Waals surface area contributed by atoms with E-state index in [0.717, 1.165) is 22.9 Å². The van der Waals surface area contributed by atoms with Crippen LogP contribution in [0.4, 0.5) is 19.3 Å². The second-order valence-electron chi connectivity index (χ2n) is 8.77. The zero-order chi connectivity index (χ0) is 27.4. The number of sulfonamides is 1. The minimum absolute atomic E-state index is 0.0990. The summed E-state index contributed by atoms with van der Waals surface area (Å²) in [6.07, 6.45) is -0.291. The Labute approximate surface area is 219 Å². The number of nitrogens with zero attached hydrogens (tertiary/aromatic N) is 1. The molecule has 0 heterocycles. The molecule has 38 heavy (non-hydrogen) atoms. The predicted molar refractivity (Wildman–Crippen MR) is 141 cm³/mol. The maximum absolute atomic E-state index is 13.9. The van der Waals surface area contributed by atoms with Gasteiger partial charge in [-0.3, -0.25) is 4.79 Å². The van der Waals surface area contributed by atoms with Gasteiger partial charge in [0.05, 0.1) is 10.6 Å². The average Bonchev–Trinajstić information content (AvgIpc) is 2.86. The quantitative estimate of drug-likeness (QED) is 0.358. The Kier molecular flexibility index (Phi) is 7.72. The topological polar surface area (TPSA) is 95.6 Å². The van der Waals surface area contributed by atoms with E-state index < -0.39 is 39.6 Å². The van der Waals surface area contributed by atoms with Gasteiger partial charge in [0.15, 0.2) is 0 Å². The van der Waals surface area contributed by atoms with E-state index in [0.29, 0.717) is 17.3 Å². The molecule has 0 fully saturated rings. The lowest BCUT2D eigenvalue weighted by Crippen LogP contribution is -2.52. The van der Waals surface area contributed by atoms with Gasteiger partial charge in [-0.2, -0.15) is 0 Å². The van der Waals surface area contributed by atoms with Crippen LogP contribution in [0.25, 0.3) is 10.8 Å². The number of hydrogen-bond donors (Lipinski definition) is 2. The van der Waals surface area contributed by atoms with E-state index in [-0.39, 0.29) is 16.9 Å². The van der Waals surface area contributed by atoms with Crippen molar-refractivity contribution >= 4 is 38.4 Å². The molecule has 0 saturated heterocycles. The van der Waals surface area contributed by atoms with Gasteiger partial charge >= 0.3 is 6.03 Å². The van der Waals surface area contributed by atoms with Crippen molar-refractivity contribution < 1.29 is 26.8 Å². The molecule has 0 spiro atoms. The highest BCUT2D eigenvalue weighted by Gasteiger charge is 2.28. The van der Waals surface area contributed by atoms with Gasteiger partial charge in [0.25, 0.3) is 10.0 Å². The van der Waals surface area contributed by atoms with E-state index in [4.69, 9.17) is 0 Å². The second kappa shape index (κ2) is 11.0. The van der Waals surface area contributed by atoms with Gasteiger partial charge in [-0.05, 0) is 47.7 Å². The van der Waals surface area contributed by atoms with E-state index in [1.54, 1.807) is 31.2 Å². The number of benzene rings is 4. The highest BCUT2D eigenvalue weighted by Crippen LogP contribution is 2.26. The molecule has 10 heteroatoms. The number of urea groups is 1. The zero-order valence-electron chi connectivity index (χ0n) is 20.6. The summed E-state index contributed by atoms with van der Waals surface area (Å²) in [5.41, 5.74) is 1.07. The third-order valence-corrected chi connectivity index (χ3v) is 7.53. The Morgan fingerprint density at radius 2 is 1.53 bits per heavy atom. The maximum atomic E-state index is 13.9. The van der Waals surface area contributed by atoms with Crippen molar-refractivity contribution in [2.24, 2.45) is 0 Å². The number of fused-ring (bicyclic) bond motifs is 1. The Morgan fingerprint density at radius 1 is 0.895 bits per heavy atom. The monoisotopic (exact) mass is 537 g/mol. The van der Waals surface area contributed by atoms with E-state index in [2.05, 4.69) is 5.32 Å². The number of hydrogen-bond acceptors (Lipinski definition) is 4. The van der Waals surface area contributed by atoms with Gasteiger partial charge in [0, 0.05) is 24.9 Å². The van der Waals surface area contributed by atoms with Gasteiger partial charge in [0.2, 0.25) is 5.91 Å². The lowest BCUT2D eigenvalue weighted by Gasteiger charge is -2.26. The van der Waals surface area contributed by atoms with Crippen LogP contribution in [-0.2, 0) is 21.2 Å². The van der Waals surface area contributed by atoms with E-state index in [9.17, 15) is 26.8 Å². The van der Waals surface area contributed by atoms with Crippen LogP contribution in [0.3, 0.4) is 0 Å². The number of carbonyl (C=O) groups is 2. The molecule has 0 unspecified atom stereocenters. The first-order chi connectivity index (χ1) is 18.0. The molecule has 0 bridgehead atoms. The zero-order valence-corrected chi connectivity index (χ0v) is 21.4. The predicted octanol–water partition coefficient (Wildman–Crippen LogP) is 4.69. The minimum atomic E-state index is -4.26. The summed E-state index contributed by atoms with van der Waals surface area (Å²) in [5.74, 6) is -2.31. The van der Waals surface area contributed by atoms with Crippen LogP contribution in [0.2, 0.25) is 0 Å². The molecular weight excluding hydrogens is 512 g/mol. The Bertz CT molecular complexity index is 1600. The average molecular weight is 538 g/mol. The fourth-order valence-corrected chi connectivity index (χ4v) is 5.40. The molecule has 4 aromatic carbocycles. The van der Waals surface area contributed by atoms with Gasteiger partial charge in [-0.1, -0.05) is 54.6 Å². The van der Waals surface area contributed by atoms with Crippen molar-refractivity contribution in [3.8, 4) is 0 Å². The van der Waals surface area contributed by atoms with Crippen LogP contribution < -0.4 is 14.9 Å². The standard InChI is InChI=1S/C28H25F2N3O4S/c1-18-8-3-6-13-26(18)38(36,37)32-28(35)31-24(16-19-14-21(29)17-22(30)15-19)27(34)33(2)25-12-7-10-20-9-4-5-11-23(20)25/h3-15,17,24H,16H2,1-2H3,(H2,31,32,35)/t24-/m0/s1. The molecule has 0 aliphatic carbocycles. The number of nitrogens with one attached hydrogen (secondary N) is 2. The summed E-state index contributed by atoms with van der Waals surface area (Å²) in [6.45, 7) is 1.58. The van der Waals surface area contributed by atoms with Crippen molar-refractivity contribution in [1.82, 2.24) is 10.0 Å². The number of rotatable bonds is 7. The highest BCUT2D eigenvalue weighted by atomic mass is 32.2. The smallest absolute Gasteiger partial charge is 0.325 e. The lowest BCUT2D eigenvalue weighted by molar-refractivity contribution is -0.120. The molecule has 2 N–H and O–H groups in total. The molecule has 0 aromatic heterocycles. The van der Waals surface area contributed by atoms with Crippen LogP contribution in [0, 0.1) is 18.6 Å². The Morgan fingerprint density at radius 3 is 2.24 bits per heavy atom. The fourth-order valence-electron chi connectivity index (χ4n) is 4.24. The molecule has 196 valence electrons. The molecule has 7 nitrogen and oxygen atoms in total. The summed E-state index contributed by atoms with van der Waals surface area (Å²) in [5, 5.41) is 4.03. The van der Waals surface area contributed by atoms with Crippen LogP contribution in [0.1, 0.15) is 11.1 Å². The second-order valence-corrected chi connectivity index (χ2v) is 10.4. The molecule has 0 aliphatic heterocycles. The first-order valence-corrected chi connectivity index (χ1v) is 13.1. The summed E-state index contributed by atoms with van der Waals surface area (Å²) in [7, 11) is -2.75. The Hall–Kier alpha value is -4.31.